The van der Waals surface area contributed by atoms with Crippen LogP contribution in [0.5, 0.6) is 0 Å². The van der Waals surface area contributed by atoms with E-state index in [-0.39, 0.29) is 16.7 Å². The molecule has 148 valence electrons. The van der Waals surface area contributed by atoms with Gasteiger partial charge in [-0.1, -0.05) is 18.2 Å². The molecule has 0 radical (unpaired) electrons. The summed E-state index contributed by atoms with van der Waals surface area (Å²) in [6, 6.07) is 12.5. The SMILES string of the molecule is O=C1CCCc2cc(S(=O)(=O)Cl)ccc2N1.O=C1CCCc2ccccc2N1. The average Bonchev–Trinajstić information content (AvgIpc) is 2.94. The second-order valence-electron chi connectivity index (χ2n) is 6.72. The first-order chi connectivity index (χ1) is 13.3. The van der Waals surface area contributed by atoms with Crippen molar-refractivity contribution in [3.8, 4) is 0 Å². The molecule has 0 aromatic heterocycles. The highest BCUT2D eigenvalue weighted by Gasteiger charge is 2.16. The van der Waals surface area contributed by atoms with Crippen LogP contribution in [0.2, 0.25) is 0 Å². The van der Waals surface area contributed by atoms with Crippen LogP contribution in [0.25, 0.3) is 0 Å². The molecular weight excluding hydrogens is 400 g/mol. The van der Waals surface area contributed by atoms with E-state index in [1.165, 1.54) is 17.7 Å². The molecule has 6 nitrogen and oxygen atoms in total. The molecule has 2 aliphatic rings. The van der Waals surface area contributed by atoms with Gasteiger partial charge in [-0.3, -0.25) is 9.59 Å². The number of nitrogens with one attached hydrogen (secondary N) is 2. The number of carbonyl (C=O) groups excluding carboxylic acids is 2. The van der Waals surface area contributed by atoms with E-state index >= 15 is 0 Å². The van der Waals surface area contributed by atoms with Crippen molar-refractivity contribution in [1.29, 1.82) is 0 Å². The van der Waals surface area contributed by atoms with Crippen LogP contribution in [0.4, 0.5) is 11.4 Å². The Kier molecular flexibility index (Phi) is 6.36. The van der Waals surface area contributed by atoms with E-state index in [0.717, 1.165) is 24.1 Å². The molecule has 0 spiro atoms. The number of anilines is 2. The van der Waals surface area contributed by atoms with Crippen LogP contribution in [-0.2, 0) is 31.5 Å². The monoisotopic (exact) mass is 420 g/mol. The lowest BCUT2D eigenvalue weighted by Crippen LogP contribution is -2.09. The number of hydrogen-bond donors (Lipinski definition) is 2. The fraction of sp³-hybridized carbons (Fsp3) is 0.300. The summed E-state index contributed by atoms with van der Waals surface area (Å²) < 4.78 is 22.3. The van der Waals surface area contributed by atoms with E-state index < -0.39 is 9.05 Å². The van der Waals surface area contributed by atoms with Crippen molar-refractivity contribution in [3.05, 3.63) is 53.6 Å². The zero-order chi connectivity index (χ0) is 20.1. The maximum Gasteiger partial charge on any atom is 0.261 e. The predicted molar refractivity (Wildman–Crippen MR) is 109 cm³/mol. The summed E-state index contributed by atoms with van der Waals surface area (Å²) in [6.45, 7) is 0. The first-order valence-electron chi connectivity index (χ1n) is 9.08. The Balaban J connectivity index is 0.000000167. The molecule has 0 aliphatic carbocycles. The third kappa shape index (κ3) is 5.33. The molecule has 2 aromatic rings. The van der Waals surface area contributed by atoms with Crippen LogP contribution >= 0.6 is 10.7 Å². The normalized spacial score (nSPS) is 16.2. The Labute approximate surface area is 168 Å². The molecule has 2 N–H and O–H groups in total. The topological polar surface area (TPSA) is 92.3 Å². The maximum atomic E-state index is 11.3. The van der Waals surface area contributed by atoms with Gasteiger partial charge in [-0.05, 0) is 61.1 Å². The smallest absolute Gasteiger partial charge is 0.261 e. The van der Waals surface area contributed by atoms with Crippen LogP contribution < -0.4 is 10.6 Å². The van der Waals surface area contributed by atoms with Gasteiger partial charge >= 0.3 is 0 Å². The number of rotatable bonds is 1. The second-order valence-corrected chi connectivity index (χ2v) is 9.28. The predicted octanol–water partition coefficient (Wildman–Crippen LogP) is 3.85. The van der Waals surface area contributed by atoms with Gasteiger partial charge in [-0.15, -0.1) is 0 Å². The van der Waals surface area contributed by atoms with Crippen LogP contribution in [0.15, 0.2) is 47.4 Å². The molecule has 0 fully saturated rings. The van der Waals surface area contributed by atoms with Gasteiger partial charge in [-0.2, -0.15) is 0 Å². The zero-order valence-corrected chi connectivity index (χ0v) is 16.8. The van der Waals surface area contributed by atoms with Crippen LogP contribution in [0, 0.1) is 0 Å². The van der Waals surface area contributed by atoms with E-state index in [4.69, 9.17) is 10.7 Å². The van der Waals surface area contributed by atoms with E-state index in [9.17, 15) is 18.0 Å². The van der Waals surface area contributed by atoms with Gasteiger partial charge < -0.3 is 10.6 Å². The minimum atomic E-state index is -3.70. The van der Waals surface area contributed by atoms with Gasteiger partial charge in [-0.25, -0.2) is 8.42 Å². The summed E-state index contributed by atoms with van der Waals surface area (Å²) in [6.07, 6.45) is 4.46. The molecule has 2 aliphatic heterocycles. The van der Waals surface area contributed by atoms with Crippen molar-refractivity contribution in [2.45, 2.75) is 43.4 Å². The number of amides is 2. The van der Waals surface area contributed by atoms with Crippen molar-refractivity contribution in [3.63, 3.8) is 0 Å². The zero-order valence-electron chi connectivity index (χ0n) is 15.2. The molecule has 2 heterocycles. The van der Waals surface area contributed by atoms with E-state index in [1.807, 2.05) is 18.2 Å². The summed E-state index contributed by atoms with van der Waals surface area (Å²) in [5, 5.41) is 5.61. The van der Waals surface area contributed by atoms with Gasteiger partial charge in [0.05, 0.1) is 4.90 Å². The van der Waals surface area contributed by atoms with Crippen molar-refractivity contribution in [2.24, 2.45) is 0 Å². The van der Waals surface area contributed by atoms with Crippen molar-refractivity contribution in [2.75, 3.05) is 10.6 Å². The van der Waals surface area contributed by atoms with Crippen molar-refractivity contribution >= 4 is 42.9 Å². The van der Waals surface area contributed by atoms with Gasteiger partial charge in [0.1, 0.15) is 0 Å². The Morgan fingerprint density at radius 3 is 1.96 bits per heavy atom. The number of carbonyl (C=O) groups is 2. The number of fused-ring (bicyclic) bond motifs is 2. The molecule has 0 unspecified atom stereocenters. The van der Waals surface area contributed by atoms with E-state index in [0.29, 0.717) is 31.4 Å². The summed E-state index contributed by atoms with van der Waals surface area (Å²) >= 11 is 0. The number of para-hydroxylation sites is 1. The minimum absolute atomic E-state index is 0.0415. The lowest BCUT2D eigenvalue weighted by Gasteiger charge is -2.07. The molecule has 2 aromatic carbocycles. The third-order valence-electron chi connectivity index (χ3n) is 4.62. The molecule has 0 saturated heterocycles. The molecule has 0 saturated carbocycles. The summed E-state index contributed by atoms with van der Waals surface area (Å²) in [4.78, 5) is 22.5. The second kappa shape index (κ2) is 8.75. The van der Waals surface area contributed by atoms with Gasteiger partial charge in [0.25, 0.3) is 9.05 Å². The Hall–Kier alpha value is -2.38. The van der Waals surface area contributed by atoms with Crippen molar-refractivity contribution in [1.82, 2.24) is 0 Å². The summed E-state index contributed by atoms with van der Waals surface area (Å²) in [5.41, 5.74) is 3.72. The fourth-order valence-electron chi connectivity index (χ4n) is 3.21. The fourth-order valence-corrected chi connectivity index (χ4v) is 4.02. The Bertz CT molecular complexity index is 1010. The van der Waals surface area contributed by atoms with E-state index in [2.05, 4.69) is 16.7 Å². The quantitative estimate of drug-likeness (QED) is 0.685. The van der Waals surface area contributed by atoms with Crippen LogP contribution in [-0.4, -0.2) is 20.2 Å². The van der Waals surface area contributed by atoms with E-state index in [1.54, 1.807) is 6.07 Å². The summed E-state index contributed by atoms with van der Waals surface area (Å²) in [7, 11) is 1.55. The third-order valence-corrected chi connectivity index (χ3v) is 5.98. The van der Waals surface area contributed by atoms with Gasteiger partial charge in [0.15, 0.2) is 0 Å². The lowest BCUT2D eigenvalue weighted by molar-refractivity contribution is -0.117. The molecule has 2 amide bonds. The number of benzene rings is 2. The van der Waals surface area contributed by atoms with Gasteiger partial charge in [0, 0.05) is 34.9 Å². The molecule has 28 heavy (non-hydrogen) atoms. The average molecular weight is 421 g/mol. The maximum absolute atomic E-state index is 11.3. The highest BCUT2D eigenvalue weighted by molar-refractivity contribution is 8.13. The Morgan fingerprint density at radius 2 is 1.32 bits per heavy atom. The first kappa shape index (κ1) is 20.4. The van der Waals surface area contributed by atoms with Crippen LogP contribution in [0.3, 0.4) is 0 Å². The molecule has 0 atom stereocenters. The molecular formula is C20H21ClN2O4S. The van der Waals surface area contributed by atoms with Crippen LogP contribution in [0.1, 0.15) is 36.8 Å². The van der Waals surface area contributed by atoms with Crippen molar-refractivity contribution < 1.29 is 18.0 Å². The highest BCUT2D eigenvalue weighted by atomic mass is 35.7. The number of hydrogen-bond acceptors (Lipinski definition) is 4. The number of aryl methyl sites for hydroxylation is 2. The highest BCUT2D eigenvalue weighted by Crippen LogP contribution is 2.26. The first-order valence-corrected chi connectivity index (χ1v) is 11.4. The standard InChI is InChI=1S/C10H10ClNO3S.C10H11NO/c11-16(14,15)8-4-5-9-7(6-8)2-1-3-10(13)12-9;12-10-7-3-5-8-4-1-2-6-9(8)11-10/h4-6H,1-3H2,(H,12,13);1-2,4,6H,3,5,7H2,(H,11,12). The number of halogens is 1. The minimum Gasteiger partial charge on any atom is -0.326 e. The lowest BCUT2D eigenvalue weighted by atomic mass is 10.1. The largest absolute Gasteiger partial charge is 0.326 e. The summed E-state index contributed by atoms with van der Waals surface area (Å²) in [5.74, 6) is 0.0974. The van der Waals surface area contributed by atoms with Gasteiger partial charge in [0.2, 0.25) is 11.8 Å². The Morgan fingerprint density at radius 1 is 0.750 bits per heavy atom. The molecule has 8 heteroatoms. The molecule has 4 rings (SSSR count). The molecule has 0 bridgehead atoms.